The van der Waals surface area contributed by atoms with Crippen LogP contribution in [0.3, 0.4) is 0 Å². The predicted octanol–water partition coefficient (Wildman–Crippen LogP) is 4.37. The first-order chi connectivity index (χ1) is 10.9. The molecule has 0 aliphatic rings. The van der Waals surface area contributed by atoms with E-state index < -0.39 is 6.10 Å². The minimum Gasteiger partial charge on any atom is -0.480 e. The maximum absolute atomic E-state index is 12.3. The van der Waals surface area contributed by atoms with Crippen LogP contribution in [0.15, 0.2) is 46.9 Å². The first-order valence-electron chi connectivity index (χ1n) is 7.22. The van der Waals surface area contributed by atoms with Crippen molar-refractivity contribution in [2.75, 3.05) is 5.32 Å². The predicted molar refractivity (Wildman–Crippen MR) is 94.0 cm³/mol. The fourth-order valence-electron chi connectivity index (χ4n) is 2.08. The molecule has 0 saturated heterocycles. The van der Waals surface area contributed by atoms with E-state index in [0.717, 1.165) is 10.0 Å². The van der Waals surface area contributed by atoms with E-state index in [1.54, 1.807) is 31.2 Å². The van der Waals surface area contributed by atoms with E-state index in [1.165, 1.54) is 6.92 Å². The van der Waals surface area contributed by atoms with Crippen molar-refractivity contribution in [1.29, 1.82) is 0 Å². The lowest BCUT2D eigenvalue weighted by molar-refractivity contribution is -0.122. The van der Waals surface area contributed by atoms with Gasteiger partial charge in [-0.3, -0.25) is 9.59 Å². The SMILES string of the molecule is CC(=O)c1ccccc1NC(=O)[C@H](C)Oc1ccc(C)cc1Br. The van der Waals surface area contributed by atoms with Gasteiger partial charge in [-0.15, -0.1) is 0 Å². The van der Waals surface area contributed by atoms with E-state index in [2.05, 4.69) is 21.2 Å². The van der Waals surface area contributed by atoms with Crippen molar-refractivity contribution in [3.8, 4) is 5.75 Å². The second-order valence-electron chi connectivity index (χ2n) is 5.28. The van der Waals surface area contributed by atoms with Crippen LogP contribution in [-0.4, -0.2) is 17.8 Å². The molecule has 2 rings (SSSR count). The number of anilines is 1. The minimum atomic E-state index is -0.700. The molecule has 0 aliphatic carbocycles. The van der Waals surface area contributed by atoms with Crippen LogP contribution in [0.5, 0.6) is 5.75 Å². The number of nitrogens with one attached hydrogen (secondary N) is 1. The Labute approximate surface area is 144 Å². The molecule has 4 nitrogen and oxygen atoms in total. The number of ether oxygens (including phenoxy) is 1. The smallest absolute Gasteiger partial charge is 0.265 e. The van der Waals surface area contributed by atoms with Gasteiger partial charge < -0.3 is 10.1 Å². The van der Waals surface area contributed by atoms with Gasteiger partial charge >= 0.3 is 0 Å². The molecule has 0 unspecified atom stereocenters. The van der Waals surface area contributed by atoms with Gasteiger partial charge in [-0.05, 0) is 66.5 Å². The molecule has 2 aromatic rings. The average molecular weight is 376 g/mol. The highest BCUT2D eigenvalue weighted by atomic mass is 79.9. The van der Waals surface area contributed by atoms with Gasteiger partial charge in [0.2, 0.25) is 0 Å². The first-order valence-corrected chi connectivity index (χ1v) is 8.01. The number of aryl methyl sites for hydroxylation is 1. The van der Waals surface area contributed by atoms with E-state index in [4.69, 9.17) is 4.74 Å². The summed E-state index contributed by atoms with van der Waals surface area (Å²) in [6.07, 6.45) is -0.700. The summed E-state index contributed by atoms with van der Waals surface area (Å²) in [4.78, 5) is 23.9. The van der Waals surface area contributed by atoms with Crippen LogP contribution in [0.1, 0.15) is 29.8 Å². The zero-order valence-corrected chi connectivity index (χ0v) is 14.8. The van der Waals surface area contributed by atoms with Crippen LogP contribution in [0.2, 0.25) is 0 Å². The summed E-state index contributed by atoms with van der Waals surface area (Å²) in [7, 11) is 0. The average Bonchev–Trinajstić information content (AvgIpc) is 2.50. The van der Waals surface area contributed by atoms with E-state index in [1.807, 2.05) is 25.1 Å². The third-order valence-corrected chi connectivity index (χ3v) is 3.94. The lowest BCUT2D eigenvalue weighted by Gasteiger charge is -2.17. The Hall–Kier alpha value is -2.14. The summed E-state index contributed by atoms with van der Waals surface area (Å²) < 4.78 is 6.48. The van der Waals surface area contributed by atoms with Crippen LogP contribution < -0.4 is 10.1 Å². The lowest BCUT2D eigenvalue weighted by atomic mass is 10.1. The molecule has 23 heavy (non-hydrogen) atoms. The summed E-state index contributed by atoms with van der Waals surface area (Å²) in [5.74, 6) is 0.181. The van der Waals surface area contributed by atoms with E-state index >= 15 is 0 Å². The van der Waals surface area contributed by atoms with Crippen molar-refractivity contribution < 1.29 is 14.3 Å². The number of hydrogen-bond donors (Lipinski definition) is 1. The summed E-state index contributed by atoms with van der Waals surface area (Å²) in [6, 6.07) is 12.6. The normalized spacial score (nSPS) is 11.7. The summed E-state index contributed by atoms with van der Waals surface area (Å²) >= 11 is 3.42. The van der Waals surface area contributed by atoms with Gasteiger partial charge in [-0.1, -0.05) is 18.2 Å². The Kier molecular flexibility index (Phi) is 5.55. The van der Waals surface area contributed by atoms with Crippen molar-refractivity contribution in [2.45, 2.75) is 26.9 Å². The zero-order valence-electron chi connectivity index (χ0n) is 13.2. The summed E-state index contributed by atoms with van der Waals surface area (Å²) in [5.41, 5.74) is 2.06. The summed E-state index contributed by atoms with van der Waals surface area (Å²) in [5, 5.41) is 2.74. The maximum Gasteiger partial charge on any atom is 0.265 e. The highest BCUT2D eigenvalue weighted by molar-refractivity contribution is 9.10. The Morgan fingerprint density at radius 3 is 2.52 bits per heavy atom. The third-order valence-electron chi connectivity index (χ3n) is 3.32. The number of carbonyl (C=O) groups is 2. The van der Waals surface area contributed by atoms with Gasteiger partial charge in [0, 0.05) is 5.56 Å². The second kappa shape index (κ2) is 7.42. The molecule has 5 heteroatoms. The highest BCUT2D eigenvalue weighted by Crippen LogP contribution is 2.27. The van der Waals surface area contributed by atoms with E-state index in [9.17, 15) is 9.59 Å². The number of carbonyl (C=O) groups excluding carboxylic acids is 2. The van der Waals surface area contributed by atoms with Crippen LogP contribution in [-0.2, 0) is 4.79 Å². The fourth-order valence-corrected chi connectivity index (χ4v) is 2.67. The molecule has 1 amide bonds. The van der Waals surface area contributed by atoms with Crippen LogP contribution >= 0.6 is 15.9 Å². The van der Waals surface area contributed by atoms with Gasteiger partial charge in [-0.25, -0.2) is 0 Å². The van der Waals surface area contributed by atoms with Crippen LogP contribution in [0.4, 0.5) is 5.69 Å². The van der Waals surface area contributed by atoms with Crippen LogP contribution in [0, 0.1) is 6.92 Å². The molecule has 0 fully saturated rings. The number of amides is 1. The maximum atomic E-state index is 12.3. The number of benzene rings is 2. The summed E-state index contributed by atoms with van der Waals surface area (Å²) in [6.45, 7) is 5.11. The second-order valence-corrected chi connectivity index (χ2v) is 6.14. The van der Waals surface area contributed by atoms with Gasteiger partial charge in [-0.2, -0.15) is 0 Å². The zero-order chi connectivity index (χ0) is 17.0. The monoisotopic (exact) mass is 375 g/mol. The van der Waals surface area contributed by atoms with Gasteiger partial charge in [0.15, 0.2) is 11.9 Å². The first kappa shape index (κ1) is 17.2. The Balaban J connectivity index is 2.10. The Bertz CT molecular complexity index is 743. The van der Waals surface area contributed by atoms with Crippen molar-refractivity contribution in [2.24, 2.45) is 0 Å². The highest BCUT2D eigenvalue weighted by Gasteiger charge is 2.18. The molecule has 0 heterocycles. The molecule has 2 aromatic carbocycles. The van der Waals surface area contributed by atoms with E-state index in [0.29, 0.717) is 17.0 Å². The quantitative estimate of drug-likeness (QED) is 0.789. The molecular formula is C18H18BrNO3. The Morgan fingerprint density at radius 1 is 1.17 bits per heavy atom. The molecule has 120 valence electrons. The van der Waals surface area contributed by atoms with Crippen molar-refractivity contribution in [3.05, 3.63) is 58.1 Å². The molecule has 0 saturated carbocycles. The number of hydrogen-bond acceptors (Lipinski definition) is 3. The minimum absolute atomic E-state index is 0.101. The molecule has 0 radical (unpaired) electrons. The Morgan fingerprint density at radius 2 is 1.87 bits per heavy atom. The molecule has 0 spiro atoms. The van der Waals surface area contributed by atoms with Gasteiger partial charge in [0.1, 0.15) is 5.75 Å². The number of para-hydroxylation sites is 1. The third kappa shape index (κ3) is 4.42. The number of rotatable bonds is 5. The van der Waals surface area contributed by atoms with Gasteiger partial charge in [0.25, 0.3) is 5.91 Å². The standard InChI is InChI=1S/C18H18BrNO3/c1-11-8-9-17(15(19)10-11)23-13(3)18(22)20-16-7-5-4-6-14(16)12(2)21/h4-10,13H,1-3H3,(H,20,22)/t13-/m0/s1. The molecule has 1 N–H and O–H groups in total. The molecule has 1 atom stereocenters. The lowest BCUT2D eigenvalue weighted by Crippen LogP contribution is -2.30. The van der Waals surface area contributed by atoms with Crippen LogP contribution in [0.25, 0.3) is 0 Å². The topological polar surface area (TPSA) is 55.4 Å². The number of Topliss-reactive ketones (excluding diaryl/α,β-unsaturated/α-hetero) is 1. The number of halogens is 1. The van der Waals surface area contributed by atoms with Gasteiger partial charge in [0.05, 0.1) is 10.2 Å². The molecule has 0 bridgehead atoms. The van der Waals surface area contributed by atoms with E-state index in [-0.39, 0.29) is 11.7 Å². The molecule has 0 aromatic heterocycles. The fraction of sp³-hybridized carbons (Fsp3) is 0.222. The number of ketones is 1. The van der Waals surface area contributed by atoms with Crippen molar-refractivity contribution in [1.82, 2.24) is 0 Å². The largest absolute Gasteiger partial charge is 0.480 e. The molecular weight excluding hydrogens is 358 g/mol. The van der Waals surface area contributed by atoms with Crippen molar-refractivity contribution >= 4 is 33.3 Å². The van der Waals surface area contributed by atoms with Crippen molar-refractivity contribution in [3.63, 3.8) is 0 Å². The molecule has 0 aliphatic heterocycles.